The minimum absolute atomic E-state index is 0.318. The Hall–Kier alpha value is -1.30. The van der Waals surface area contributed by atoms with E-state index in [1.807, 2.05) is 13.0 Å². The molecule has 2 rings (SSSR count). The number of hydrogen-bond donors (Lipinski definition) is 2. The number of hydrogen-bond acceptors (Lipinski definition) is 3. The number of aryl methyl sites for hydroxylation is 1. The Labute approximate surface area is 113 Å². The molecule has 0 radical (unpaired) electrons. The zero-order valence-electron chi connectivity index (χ0n) is 9.82. The van der Waals surface area contributed by atoms with Crippen molar-refractivity contribution in [3.05, 3.63) is 63.6 Å². The number of benzene rings is 1. The molecule has 1 heterocycles. The highest BCUT2D eigenvalue weighted by molar-refractivity contribution is 9.10. The van der Waals surface area contributed by atoms with Gasteiger partial charge < -0.3 is 0 Å². The lowest BCUT2D eigenvalue weighted by atomic mass is 9.99. The second kappa shape index (κ2) is 5.56. The SMILES string of the molecule is Cc1cncc(C(NN)c2cccc(Br)c2F)c1. The summed E-state index contributed by atoms with van der Waals surface area (Å²) >= 11 is 3.17. The second-order valence-corrected chi connectivity index (χ2v) is 4.89. The van der Waals surface area contributed by atoms with Crippen molar-refractivity contribution >= 4 is 15.9 Å². The van der Waals surface area contributed by atoms with E-state index in [1.165, 1.54) is 0 Å². The Morgan fingerprint density at radius 3 is 2.83 bits per heavy atom. The highest BCUT2D eigenvalue weighted by atomic mass is 79.9. The third-order valence-electron chi connectivity index (χ3n) is 2.69. The van der Waals surface area contributed by atoms with Crippen LogP contribution in [-0.2, 0) is 0 Å². The summed E-state index contributed by atoms with van der Waals surface area (Å²) < 4.78 is 14.5. The maximum atomic E-state index is 14.1. The lowest BCUT2D eigenvalue weighted by molar-refractivity contribution is 0.555. The molecule has 18 heavy (non-hydrogen) atoms. The van der Waals surface area contributed by atoms with Crippen LogP contribution in [-0.4, -0.2) is 4.98 Å². The first kappa shape index (κ1) is 13.1. The van der Waals surface area contributed by atoms with Crippen LogP contribution in [0.5, 0.6) is 0 Å². The third-order valence-corrected chi connectivity index (χ3v) is 3.30. The zero-order valence-corrected chi connectivity index (χ0v) is 11.4. The van der Waals surface area contributed by atoms with Gasteiger partial charge in [0.05, 0.1) is 10.5 Å². The Morgan fingerprint density at radius 2 is 2.17 bits per heavy atom. The van der Waals surface area contributed by atoms with Crippen molar-refractivity contribution in [1.82, 2.24) is 10.4 Å². The van der Waals surface area contributed by atoms with E-state index in [1.54, 1.807) is 30.6 Å². The molecule has 3 nitrogen and oxygen atoms in total. The fourth-order valence-electron chi connectivity index (χ4n) is 1.85. The maximum Gasteiger partial charge on any atom is 0.142 e. The molecule has 5 heteroatoms. The van der Waals surface area contributed by atoms with Gasteiger partial charge in [-0.15, -0.1) is 0 Å². The molecule has 94 valence electrons. The first-order valence-electron chi connectivity index (χ1n) is 5.45. The summed E-state index contributed by atoms with van der Waals surface area (Å²) in [4.78, 5) is 4.10. The van der Waals surface area contributed by atoms with Gasteiger partial charge in [-0.1, -0.05) is 18.2 Å². The van der Waals surface area contributed by atoms with Gasteiger partial charge in [0.1, 0.15) is 5.82 Å². The molecule has 0 spiro atoms. The second-order valence-electron chi connectivity index (χ2n) is 4.04. The third kappa shape index (κ3) is 2.58. The Bertz CT molecular complexity index is 560. The molecule has 0 saturated heterocycles. The van der Waals surface area contributed by atoms with E-state index in [0.29, 0.717) is 10.0 Å². The van der Waals surface area contributed by atoms with Crippen molar-refractivity contribution in [2.24, 2.45) is 5.84 Å². The first-order valence-corrected chi connectivity index (χ1v) is 6.24. The Kier molecular flexibility index (Phi) is 4.06. The lowest BCUT2D eigenvalue weighted by Gasteiger charge is -2.18. The average Bonchev–Trinajstić information content (AvgIpc) is 2.35. The highest BCUT2D eigenvalue weighted by Crippen LogP contribution is 2.27. The van der Waals surface area contributed by atoms with Gasteiger partial charge in [-0.05, 0) is 40.0 Å². The van der Waals surface area contributed by atoms with Crippen LogP contribution >= 0.6 is 15.9 Å². The molecule has 0 aliphatic rings. The molecule has 0 aliphatic carbocycles. The quantitative estimate of drug-likeness (QED) is 0.677. The fraction of sp³-hybridized carbons (Fsp3) is 0.154. The zero-order chi connectivity index (χ0) is 13.1. The van der Waals surface area contributed by atoms with E-state index in [-0.39, 0.29) is 5.82 Å². The number of nitrogens with two attached hydrogens (primary N) is 1. The molecular formula is C13H13BrFN3. The number of nitrogens with one attached hydrogen (secondary N) is 1. The van der Waals surface area contributed by atoms with Gasteiger partial charge in [0, 0.05) is 18.0 Å². The van der Waals surface area contributed by atoms with Crippen molar-refractivity contribution in [2.45, 2.75) is 13.0 Å². The van der Waals surface area contributed by atoms with Crippen molar-refractivity contribution in [3.63, 3.8) is 0 Å². The molecule has 2 aromatic rings. The molecule has 1 atom stereocenters. The van der Waals surface area contributed by atoms with Gasteiger partial charge in [0.2, 0.25) is 0 Å². The molecule has 1 aromatic carbocycles. The summed E-state index contributed by atoms with van der Waals surface area (Å²) in [6, 6.07) is 6.64. The maximum absolute atomic E-state index is 14.1. The van der Waals surface area contributed by atoms with Crippen molar-refractivity contribution in [1.29, 1.82) is 0 Å². The standard InChI is InChI=1S/C13H13BrFN3/c1-8-5-9(7-17-6-8)13(18-16)10-3-2-4-11(14)12(10)15/h2-7,13,18H,16H2,1H3. The predicted octanol–water partition coefficient (Wildman–Crippen LogP) is 2.84. The summed E-state index contributed by atoms with van der Waals surface area (Å²) in [7, 11) is 0. The highest BCUT2D eigenvalue weighted by Gasteiger charge is 2.18. The van der Waals surface area contributed by atoms with Crippen LogP contribution in [0.3, 0.4) is 0 Å². The Balaban J connectivity index is 2.49. The number of rotatable bonds is 3. The van der Waals surface area contributed by atoms with Crippen molar-refractivity contribution in [2.75, 3.05) is 0 Å². The molecule has 0 aliphatic heterocycles. The summed E-state index contributed by atoms with van der Waals surface area (Å²) in [5, 5.41) is 0. The lowest BCUT2D eigenvalue weighted by Crippen LogP contribution is -2.29. The number of halogens is 2. The minimum Gasteiger partial charge on any atom is -0.271 e. The monoisotopic (exact) mass is 309 g/mol. The van der Waals surface area contributed by atoms with Crippen LogP contribution in [0.4, 0.5) is 4.39 Å². The van der Waals surface area contributed by atoms with Crippen LogP contribution in [0, 0.1) is 12.7 Å². The van der Waals surface area contributed by atoms with E-state index < -0.39 is 6.04 Å². The Morgan fingerprint density at radius 1 is 1.39 bits per heavy atom. The molecule has 0 fully saturated rings. The van der Waals surface area contributed by atoms with E-state index in [0.717, 1.165) is 11.1 Å². The van der Waals surface area contributed by atoms with Crippen LogP contribution in [0.2, 0.25) is 0 Å². The van der Waals surface area contributed by atoms with Gasteiger partial charge in [0.25, 0.3) is 0 Å². The fourth-order valence-corrected chi connectivity index (χ4v) is 2.23. The van der Waals surface area contributed by atoms with Gasteiger partial charge in [0.15, 0.2) is 0 Å². The number of pyridine rings is 1. The molecular weight excluding hydrogens is 297 g/mol. The minimum atomic E-state index is -0.421. The average molecular weight is 310 g/mol. The topological polar surface area (TPSA) is 50.9 Å². The van der Waals surface area contributed by atoms with Crippen molar-refractivity contribution in [3.8, 4) is 0 Å². The smallest absolute Gasteiger partial charge is 0.142 e. The van der Waals surface area contributed by atoms with Crippen LogP contribution in [0.15, 0.2) is 41.1 Å². The van der Waals surface area contributed by atoms with E-state index in [4.69, 9.17) is 5.84 Å². The van der Waals surface area contributed by atoms with Crippen LogP contribution < -0.4 is 11.3 Å². The van der Waals surface area contributed by atoms with Crippen molar-refractivity contribution < 1.29 is 4.39 Å². The number of nitrogens with zero attached hydrogens (tertiary/aromatic N) is 1. The normalized spacial score (nSPS) is 12.4. The first-order chi connectivity index (χ1) is 8.63. The molecule has 3 N–H and O–H groups in total. The number of aromatic nitrogens is 1. The van der Waals surface area contributed by atoms with Gasteiger partial charge in [-0.3, -0.25) is 10.8 Å². The van der Waals surface area contributed by atoms with Gasteiger partial charge in [-0.2, -0.15) is 0 Å². The van der Waals surface area contributed by atoms with Crippen LogP contribution in [0.1, 0.15) is 22.7 Å². The summed E-state index contributed by atoms with van der Waals surface area (Å²) in [6.45, 7) is 1.93. The molecule has 0 saturated carbocycles. The summed E-state index contributed by atoms with van der Waals surface area (Å²) in [5.74, 6) is 5.23. The molecule has 1 unspecified atom stereocenters. The van der Waals surface area contributed by atoms with Gasteiger partial charge >= 0.3 is 0 Å². The number of hydrazine groups is 1. The molecule has 1 aromatic heterocycles. The summed E-state index contributed by atoms with van der Waals surface area (Å²) in [6.07, 6.45) is 3.42. The molecule has 0 bridgehead atoms. The van der Waals surface area contributed by atoms with Gasteiger partial charge in [-0.25, -0.2) is 9.82 Å². The largest absolute Gasteiger partial charge is 0.271 e. The van der Waals surface area contributed by atoms with Crippen LogP contribution in [0.25, 0.3) is 0 Å². The van der Waals surface area contributed by atoms with E-state index >= 15 is 0 Å². The molecule has 0 amide bonds. The summed E-state index contributed by atoms with van der Waals surface area (Å²) in [5.41, 5.74) is 4.95. The van der Waals surface area contributed by atoms with E-state index in [9.17, 15) is 4.39 Å². The predicted molar refractivity (Wildman–Crippen MR) is 72.2 cm³/mol. The van der Waals surface area contributed by atoms with E-state index in [2.05, 4.69) is 26.3 Å².